The van der Waals surface area contributed by atoms with Crippen LogP contribution in [0, 0.1) is 12.8 Å². The Morgan fingerprint density at radius 3 is 2.81 bits per heavy atom. The molecule has 120 valence electrons. The van der Waals surface area contributed by atoms with Gasteiger partial charge in [-0.05, 0) is 38.8 Å². The minimum Gasteiger partial charge on any atom is -0.433 e. The normalized spacial score (nSPS) is 21.5. The monoisotopic (exact) mass is 340 g/mol. The van der Waals surface area contributed by atoms with E-state index in [-0.39, 0.29) is 40.9 Å². The molecule has 1 aromatic rings. The molecule has 2 rings (SSSR count). The van der Waals surface area contributed by atoms with E-state index in [1.807, 2.05) is 6.92 Å². The SMILES string of the molecule is Cc1cc(OC(F)F)c(C(=O)N2CC(CN)CC2C)s1.Cl. The summed E-state index contributed by atoms with van der Waals surface area (Å²) in [6, 6.07) is 1.54. The van der Waals surface area contributed by atoms with Crippen LogP contribution in [-0.2, 0) is 0 Å². The topological polar surface area (TPSA) is 55.6 Å². The van der Waals surface area contributed by atoms with Gasteiger partial charge in [0.25, 0.3) is 5.91 Å². The van der Waals surface area contributed by atoms with Gasteiger partial charge in [-0.15, -0.1) is 23.7 Å². The van der Waals surface area contributed by atoms with E-state index in [9.17, 15) is 13.6 Å². The first-order valence-corrected chi connectivity index (χ1v) is 7.30. The van der Waals surface area contributed by atoms with Crippen LogP contribution in [0.1, 0.15) is 27.9 Å². The molecule has 1 aliphatic rings. The van der Waals surface area contributed by atoms with E-state index in [1.165, 1.54) is 17.4 Å². The Morgan fingerprint density at radius 1 is 1.62 bits per heavy atom. The first-order valence-electron chi connectivity index (χ1n) is 6.48. The molecule has 0 aromatic carbocycles. The number of carbonyl (C=O) groups excluding carboxylic acids is 1. The molecule has 0 saturated carbocycles. The molecule has 1 amide bonds. The Kier molecular flexibility index (Phi) is 6.37. The maximum Gasteiger partial charge on any atom is 0.387 e. The summed E-state index contributed by atoms with van der Waals surface area (Å²) in [7, 11) is 0. The summed E-state index contributed by atoms with van der Waals surface area (Å²) in [4.78, 5) is 15.2. The van der Waals surface area contributed by atoms with Crippen molar-refractivity contribution in [3.63, 3.8) is 0 Å². The fourth-order valence-corrected chi connectivity index (χ4v) is 3.45. The van der Waals surface area contributed by atoms with Crippen LogP contribution in [-0.4, -0.2) is 36.5 Å². The molecule has 0 spiro atoms. The molecule has 2 unspecified atom stereocenters. The number of alkyl halides is 2. The third kappa shape index (κ3) is 4.05. The Balaban J connectivity index is 0.00000220. The summed E-state index contributed by atoms with van der Waals surface area (Å²) in [5.41, 5.74) is 5.64. The first-order chi connectivity index (χ1) is 9.42. The number of aryl methyl sites for hydroxylation is 1. The van der Waals surface area contributed by atoms with Crippen LogP contribution in [0.25, 0.3) is 0 Å². The second-order valence-electron chi connectivity index (χ2n) is 5.07. The summed E-state index contributed by atoms with van der Waals surface area (Å²) in [5.74, 6) is -0.00688. The standard InChI is InChI=1S/C13H18F2N2O2S.ClH/c1-7-3-9(5-16)6-17(7)12(18)11-10(19-13(14)15)4-8(2)20-11;/h4,7,9,13H,3,5-6,16H2,1-2H3;1H. The van der Waals surface area contributed by atoms with Crippen LogP contribution in [0.15, 0.2) is 6.07 Å². The number of thiophene rings is 1. The first kappa shape index (κ1) is 18.1. The minimum atomic E-state index is -2.93. The van der Waals surface area contributed by atoms with Crippen LogP contribution < -0.4 is 10.5 Å². The van der Waals surface area contributed by atoms with Crippen molar-refractivity contribution < 1.29 is 18.3 Å². The summed E-state index contributed by atoms with van der Waals surface area (Å²) in [6.45, 7) is 1.88. The maximum atomic E-state index is 12.5. The number of ether oxygens (including phenoxy) is 1. The van der Waals surface area contributed by atoms with Gasteiger partial charge in [0.1, 0.15) is 10.6 Å². The summed E-state index contributed by atoms with van der Waals surface area (Å²) < 4.78 is 29.2. The number of nitrogens with two attached hydrogens (primary N) is 1. The van der Waals surface area contributed by atoms with Crippen molar-refractivity contribution in [1.82, 2.24) is 4.90 Å². The largest absolute Gasteiger partial charge is 0.433 e. The van der Waals surface area contributed by atoms with Crippen molar-refractivity contribution in [2.24, 2.45) is 11.7 Å². The smallest absolute Gasteiger partial charge is 0.387 e. The molecule has 2 heterocycles. The molecule has 21 heavy (non-hydrogen) atoms. The number of nitrogens with zero attached hydrogens (tertiary/aromatic N) is 1. The quantitative estimate of drug-likeness (QED) is 0.917. The van der Waals surface area contributed by atoms with Gasteiger partial charge in [-0.25, -0.2) is 0 Å². The van der Waals surface area contributed by atoms with Crippen LogP contribution >= 0.6 is 23.7 Å². The zero-order valence-corrected chi connectivity index (χ0v) is 13.5. The van der Waals surface area contributed by atoms with Crippen molar-refractivity contribution in [1.29, 1.82) is 0 Å². The summed E-state index contributed by atoms with van der Waals surface area (Å²) in [6.07, 6.45) is 0.845. The van der Waals surface area contributed by atoms with Gasteiger partial charge >= 0.3 is 6.61 Å². The maximum absolute atomic E-state index is 12.5. The molecule has 2 N–H and O–H groups in total. The third-order valence-corrected chi connectivity index (χ3v) is 4.51. The lowest BCUT2D eigenvalue weighted by Crippen LogP contribution is -2.34. The van der Waals surface area contributed by atoms with E-state index in [0.29, 0.717) is 13.1 Å². The molecule has 1 fully saturated rings. The number of likely N-dealkylation sites (tertiary alicyclic amines) is 1. The van der Waals surface area contributed by atoms with Gasteiger partial charge in [-0.2, -0.15) is 8.78 Å². The number of amides is 1. The molecule has 0 radical (unpaired) electrons. The predicted octanol–water partition coefficient (Wildman–Crippen LogP) is 2.89. The van der Waals surface area contributed by atoms with E-state index < -0.39 is 6.61 Å². The predicted molar refractivity (Wildman–Crippen MR) is 80.6 cm³/mol. The number of rotatable bonds is 4. The Bertz CT molecular complexity index is 499. The summed E-state index contributed by atoms with van der Waals surface area (Å²) in [5, 5.41) is 0. The van der Waals surface area contributed by atoms with Crippen molar-refractivity contribution >= 4 is 29.7 Å². The summed E-state index contributed by atoms with van der Waals surface area (Å²) >= 11 is 1.18. The molecule has 1 aliphatic heterocycles. The molecule has 2 atom stereocenters. The molecule has 8 heteroatoms. The lowest BCUT2D eigenvalue weighted by molar-refractivity contribution is -0.0499. The van der Waals surface area contributed by atoms with Gasteiger partial charge < -0.3 is 15.4 Å². The van der Waals surface area contributed by atoms with Crippen LogP contribution in [0.3, 0.4) is 0 Å². The highest BCUT2D eigenvalue weighted by Crippen LogP contribution is 2.34. The second kappa shape index (κ2) is 7.38. The molecule has 4 nitrogen and oxygen atoms in total. The lowest BCUT2D eigenvalue weighted by atomic mass is 10.1. The van der Waals surface area contributed by atoms with Gasteiger partial charge in [0.2, 0.25) is 0 Å². The van der Waals surface area contributed by atoms with E-state index in [2.05, 4.69) is 4.74 Å². The molecular weight excluding hydrogens is 322 g/mol. The Labute approximate surface area is 132 Å². The van der Waals surface area contributed by atoms with Gasteiger partial charge in [-0.1, -0.05) is 0 Å². The highest BCUT2D eigenvalue weighted by Gasteiger charge is 2.34. The van der Waals surface area contributed by atoms with E-state index in [4.69, 9.17) is 5.73 Å². The third-order valence-electron chi connectivity index (χ3n) is 3.49. The number of hydrogen-bond donors (Lipinski definition) is 1. The fraction of sp³-hybridized carbons (Fsp3) is 0.615. The van der Waals surface area contributed by atoms with Gasteiger partial charge in [0, 0.05) is 17.5 Å². The highest BCUT2D eigenvalue weighted by molar-refractivity contribution is 7.14. The Hall–Kier alpha value is -0.920. The van der Waals surface area contributed by atoms with Crippen LogP contribution in [0.2, 0.25) is 0 Å². The fourth-order valence-electron chi connectivity index (χ4n) is 2.55. The zero-order chi connectivity index (χ0) is 14.9. The second-order valence-corrected chi connectivity index (χ2v) is 6.33. The molecule has 1 saturated heterocycles. The van der Waals surface area contributed by atoms with E-state index in [1.54, 1.807) is 11.8 Å². The molecule has 1 aromatic heterocycles. The number of halogens is 3. The number of hydrogen-bond acceptors (Lipinski definition) is 4. The minimum absolute atomic E-state index is 0. The Morgan fingerprint density at radius 2 is 2.29 bits per heavy atom. The van der Waals surface area contributed by atoms with Gasteiger partial charge in [0.05, 0.1) is 0 Å². The van der Waals surface area contributed by atoms with Crippen LogP contribution in [0.5, 0.6) is 5.75 Å². The lowest BCUT2D eigenvalue weighted by Gasteiger charge is -2.21. The van der Waals surface area contributed by atoms with Crippen molar-refractivity contribution in [3.8, 4) is 5.75 Å². The van der Waals surface area contributed by atoms with Gasteiger partial charge in [0.15, 0.2) is 0 Å². The highest BCUT2D eigenvalue weighted by atomic mass is 35.5. The van der Waals surface area contributed by atoms with E-state index >= 15 is 0 Å². The average molecular weight is 341 g/mol. The van der Waals surface area contributed by atoms with Crippen molar-refractivity contribution in [3.05, 3.63) is 15.8 Å². The average Bonchev–Trinajstić information content (AvgIpc) is 2.91. The van der Waals surface area contributed by atoms with Crippen molar-refractivity contribution in [2.45, 2.75) is 32.9 Å². The van der Waals surface area contributed by atoms with Crippen LogP contribution in [0.4, 0.5) is 8.78 Å². The molecule has 0 aliphatic carbocycles. The van der Waals surface area contributed by atoms with E-state index in [0.717, 1.165) is 11.3 Å². The molecular formula is C13H19ClF2N2O2S. The van der Waals surface area contributed by atoms with Gasteiger partial charge in [-0.3, -0.25) is 4.79 Å². The molecule has 0 bridgehead atoms. The van der Waals surface area contributed by atoms with Crippen molar-refractivity contribution in [2.75, 3.05) is 13.1 Å². The zero-order valence-electron chi connectivity index (χ0n) is 11.8. The number of carbonyl (C=O) groups is 1.